The maximum atomic E-state index is 13.8. The molecule has 0 bridgehead atoms. The number of fused-ring (bicyclic) bond motifs is 2. The first-order valence-corrected chi connectivity index (χ1v) is 20.2. The molecule has 0 radical (unpaired) electrons. The van der Waals surface area contributed by atoms with E-state index in [1.165, 1.54) is 0 Å². The van der Waals surface area contributed by atoms with Gasteiger partial charge in [0.15, 0.2) is 0 Å². The van der Waals surface area contributed by atoms with Crippen LogP contribution in [0.4, 0.5) is 0 Å². The first kappa shape index (κ1) is 38.7. The van der Waals surface area contributed by atoms with Crippen molar-refractivity contribution < 1.29 is 29.3 Å². The third-order valence-corrected chi connectivity index (χ3v) is 17.1. The van der Waals surface area contributed by atoms with Crippen molar-refractivity contribution in [2.45, 2.75) is 188 Å². The van der Waals surface area contributed by atoms with Crippen LogP contribution in [0.1, 0.15) is 147 Å². The standard InChI is InChI=1S/C42H72N2O6/c1-23(2)31(43)26(45)13-12-25-14-17-42-22-41(42)19-18-38(9)33(40(11)16-15-30(50-40)37(7,8)48)27(46)21-39(38,10)29(41)20-28(34(42)36(25,5)6)49-35(47)32(44)24(3)4/h23-25,27-34,46,48H,12-22,43-44H2,1-11H3/t25-,27?,28-,29?,30?,31?,32?,33-,34-,38+,39-,40+,41?,42?/m0/s1. The zero-order chi connectivity index (χ0) is 37.2. The molecular formula is C42H72N2O6. The first-order chi connectivity index (χ1) is 22.9. The van der Waals surface area contributed by atoms with Crippen molar-refractivity contribution >= 4 is 11.8 Å². The lowest BCUT2D eigenvalue weighted by atomic mass is 9.40. The topological polar surface area (TPSA) is 145 Å². The molecule has 0 aromatic carbocycles. The second-order valence-corrected chi connectivity index (χ2v) is 21.0. The molecule has 50 heavy (non-hydrogen) atoms. The number of aliphatic hydroxyl groups excluding tert-OH is 1. The van der Waals surface area contributed by atoms with E-state index in [9.17, 15) is 19.8 Å². The number of carbonyl (C=O) groups is 2. The van der Waals surface area contributed by atoms with Crippen LogP contribution in [0.3, 0.4) is 0 Å². The number of hydrogen-bond acceptors (Lipinski definition) is 8. The quantitative estimate of drug-likeness (QED) is 0.188. The molecule has 0 aromatic heterocycles. The van der Waals surface area contributed by atoms with E-state index in [0.29, 0.717) is 24.7 Å². The van der Waals surface area contributed by atoms with E-state index in [2.05, 4.69) is 34.6 Å². The Kier molecular flexibility index (Phi) is 9.45. The van der Waals surface area contributed by atoms with Crippen molar-refractivity contribution in [2.75, 3.05) is 0 Å². The molecule has 6 rings (SSSR count). The Labute approximate surface area is 302 Å². The van der Waals surface area contributed by atoms with Crippen LogP contribution >= 0.6 is 0 Å². The average molecular weight is 701 g/mol. The zero-order valence-corrected chi connectivity index (χ0v) is 33.3. The van der Waals surface area contributed by atoms with E-state index < -0.39 is 29.4 Å². The highest BCUT2D eigenvalue weighted by atomic mass is 16.5. The highest BCUT2D eigenvalue weighted by Crippen LogP contribution is 2.89. The van der Waals surface area contributed by atoms with Gasteiger partial charge in [-0.1, -0.05) is 55.4 Å². The molecule has 6 N–H and O–H groups in total. The number of nitrogens with two attached hydrogens (primary N) is 2. The van der Waals surface area contributed by atoms with Gasteiger partial charge in [0.25, 0.3) is 0 Å². The molecule has 1 aliphatic heterocycles. The summed E-state index contributed by atoms with van der Waals surface area (Å²) in [6.07, 6.45) is 8.84. The highest BCUT2D eigenvalue weighted by molar-refractivity contribution is 5.84. The van der Waals surface area contributed by atoms with Crippen LogP contribution < -0.4 is 11.5 Å². The molecule has 1 heterocycles. The van der Waals surface area contributed by atoms with E-state index in [4.69, 9.17) is 20.9 Å². The summed E-state index contributed by atoms with van der Waals surface area (Å²) >= 11 is 0. The fraction of sp³-hybridized carbons (Fsp3) is 0.952. The number of ether oxygens (including phenoxy) is 2. The Bertz CT molecular complexity index is 1340. The molecule has 0 aromatic rings. The minimum absolute atomic E-state index is 0.0236. The van der Waals surface area contributed by atoms with Crippen molar-refractivity contribution in [1.29, 1.82) is 0 Å². The Morgan fingerprint density at radius 1 is 0.880 bits per heavy atom. The van der Waals surface area contributed by atoms with Gasteiger partial charge in [-0.05, 0) is 136 Å². The van der Waals surface area contributed by atoms with E-state index in [1.807, 2.05) is 41.5 Å². The fourth-order valence-corrected chi connectivity index (χ4v) is 14.2. The van der Waals surface area contributed by atoms with Crippen molar-refractivity contribution in [3.63, 3.8) is 0 Å². The number of aliphatic hydroxyl groups is 2. The largest absolute Gasteiger partial charge is 0.461 e. The van der Waals surface area contributed by atoms with Gasteiger partial charge in [0.05, 0.1) is 29.5 Å². The van der Waals surface area contributed by atoms with Crippen molar-refractivity contribution in [3.05, 3.63) is 0 Å². The van der Waals surface area contributed by atoms with Crippen LogP contribution in [0.25, 0.3) is 0 Å². The minimum Gasteiger partial charge on any atom is -0.461 e. The minimum atomic E-state index is -0.936. The van der Waals surface area contributed by atoms with E-state index >= 15 is 0 Å². The first-order valence-electron chi connectivity index (χ1n) is 20.2. The second-order valence-electron chi connectivity index (χ2n) is 21.0. The number of carbonyl (C=O) groups excluding carboxylic acids is 2. The molecule has 8 nitrogen and oxygen atoms in total. The van der Waals surface area contributed by atoms with Gasteiger partial charge in [-0.15, -0.1) is 0 Å². The summed E-state index contributed by atoms with van der Waals surface area (Å²) in [6, 6.07) is -1.11. The normalized spacial score (nSPS) is 47.6. The molecule has 6 aliphatic rings. The fourth-order valence-electron chi connectivity index (χ4n) is 14.2. The van der Waals surface area contributed by atoms with Gasteiger partial charge in [-0.2, -0.15) is 0 Å². The summed E-state index contributed by atoms with van der Waals surface area (Å²) in [7, 11) is 0. The summed E-state index contributed by atoms with van der Waals surface area (Å²) in [5.74, 6) is 0.711. The number of esters is 1. The van der Waals surface area contributed by atoms with E-state index in [1.54, 1.807) is 0 Å². The molecular weight excluding hydrogens is 628 g/mol. The van der Waals surface area contributed by atoms with Crippen LogP contribution in [0.2, 0.25) is 0 Å². The second kappa shape index (κ2) is 12.2. The number of ketones is 1. The molecule has 2 spiro atoms. The van der Waals surface area contributed by atoms with Crippen LogP contribution in [0.15, 0.2) is 0 Å². The molecule has 7 unspecified atom stereocenters. The van der Waals surface area contributed by atoms with Gasteiger partial charge in [0, 0.05) is 18.3 Å². The predicted molar refractivity (Wildman–Crippen MR) is 196 cm³/mol. The molecule has 14 atom stereocenters. The van der Waals surface area contributed by atoms with Crippen LogP contribution in [0.5, 0.6) is 0 Å². The summed E-state index contributed by atoms with van der Waals surface area (Å²) in [5, 5.41) is 23.0. The van der Waals surface area contributed by atoms with Crippen molar-refractivity contribution in [3.8, 4) is 0 Å². The average Bonchev–Trinajstić information content (AvgIpc) is 3.36. The van der Waals surface area contributed by atoms with Crippen LogP contribution in [-0.4, -0.2) is 63.6 Å². The molecule has 6 fully saturated rings. The van der Waals surface area contributed by atoms with Gasteiger partial charge in [-0.25, -0.2) is 0 Å². The zero-order valence-electron chi connectivity index (χ0n) is 33.3. The van der Waals surface area contributed by atoms with Crippen LogP contribution in [-0.2, 0) is 19.1 Å². The number of Topliss-reactive ketones (excluding diaryl/α,β-unsaturated/α-hetero) is 1. The SMILES string of the molecule is CC(C)C(N)C(=O)CC[C@H]1CCC23CC24CC[C@]2(C)[C@@H]([C@@]5(C)CCC(C(C)(C)O)O5)C(O)C[C@@]2(C)C4C[C@H](OC(=O)C(N)C(C)C)[C@H]3C1(C)C. The number of rotatable bonds is 10. The summed E-state index contributed by atoms with van der Waals surface area (Å²) in [4.78, 5) is 26.9. The maximum absolute atomic E-state index is 13.8. The van der Waals surface area contributed by atoms with Crippen molar-refractivity contribution in [2.24, 2.45) is 74.0 Å². The van der Waals surface area contributed by atoms with E-state index in [0.717, 1.165) is 57.8 Å². The lowest BCUT2D eigenvalue weighted by molar-refractivity contribution is -0.216. The Balaban J connectivity index is 1.34. The Morgan fingerprint density at radius 3 is 2.10 bits per heavy atom. The van der Waals surface area contributed by atoms with E-state index in [-0.39, 0.29) is 74.7 Å². The molecule has 8 heteroatoms. The predicted octanol–water partition coefficient (Wildman–Crippen LogP) is 6.56. The lowest BCUT2D eigenvalue weighted by Gasteiger charge is -2.65. The Hall–Kier alpha value is -1.06. The molecule has 0 amide bonds. The van der Waals surface area contributed by atoms with Gasteiger partial charge in [0.1, 0.15) is 17.9 Å². The highest BCUT2D eigenvalue weighted by Gasteiger charge is 2.85. The van der Waals surface area contributed by atoms with Crippen molar-refractivity contribution in [1.82, 2.24) is 0 Å². The molecule has 1 saturated heterocycles. The maximum Gasteiger partial charge on any atom is 0.323 e. The summed E-state index contributed by atoms with van der Waals surface area (Å²) in [6.45, 7) is 23.4. The Morgan fingerprint density at radius 2 is 1.52 bits per heavy atom. The third kappa shape index (κ3) is 5.44. The van der Waals surface area contributed by atoms with Crippen LogP contribution in [0, 0.1) is 62.6 Å². The lowest BCUT2D eigenvalue weighted by Crippen LogP contribution is -2.62. The third-order valence-electron chi connectivity index (χ3n) is 17.1. The summed E-state index contributed by atoms with van der Waals surface area (Å²) in [5.41, 5.74) is 11.0. The molecule has 286 valence electrons. The van der Waals surface area contributed by atoms with Gasteiger partial charge in [-0.3, -0.25) is 9.59 Å². The summed E-state index contributed by atoms with van der Waals surface area (Å²) < 4.78 is 13.5. The van der Waals surface area contributed by atoms with Gasteiger partial charge >= 0.3 is 5.97 Å². The van der Waals surface area contributed by atoms with Gasteiger partial charge < -0.3 is 31.2 Å². The number of hydrogen-bond donors (Lipinski definition) is 4. The monoisotopic (exact) mass is 701 g/mol. The smallest absolute Gasteiger partial charge is 0.323 e. The van der Waals surface area contributed by atoms with Gasteiger partial charge in [0.2, 0.25) is 0 Å². The molecule has 5 saturated carbocycles. The molecule has 5 aliphatic carbocycles.